The molecule has 122 valence electrons. The molecule has 1 aliphatic heterocycles. The molecule has 1 saturated heterocycles. The molecule has 0 aliphatic carbocycles. The fraction of sp³-hybridized carbons (Fsp3) is 0.412. The number of ether oxygens (including phenoxy) is 1. The van der Waals surface area contributed by atoms with E-state index in [1.807, 2.05) is 37.3 Å². The van der Waals surface area contributed by atoms with E-state index in [1.54, 1.807) is 0 Å². The van der Waals surface area contributed by atoms with Crippen molar-refractivity contribution >= 4 is 17.4 Å². The molecule has 0 bridgehead atoms. The molecule has 6 heteroatoms. The molecule has 1 N–H and O–H groups in total. The lowest BCUT2D eigenvalue weighted by atomic mass is 10.2. The zero-order valence-electron chi connectivity index (χ0n) is 13.3. The smallest absolute Gasteiger partial charge is 0.318 e. The van der Waals surface area contributed by atoms with Crippen LogP contribution in [0.1, 0.15) is 11.3 Å². The van der Waals surface area contributed by atoms with Crippen molar-refractivity contribution < 1.29 is 4.74 Å². The lowest BCUT2D eigenvalue weighted by Gasteiger charge is -2.28. The van der Waals surface area contributed by atoms with Crippen molar-refractivity contribution in [2.75, 3.05) is 37.7 Å². The van der Waals surface area contributed by atoms with Gasteiger partial charge < -0.3 is 15.0 Å². The average molecular weight is 333 g/mol. The van der Waals surface area contributed by atoms with Crippen LogP contribution in [0.2, 0.25) is 5.02 Å². The molecule has 1 fully saturated rings. The topological polar surface area (TPSA) is 50.3 Å². The van der Waals surface area contributed by atoms with Gasteiger partial charge in [0.05, 0.1) is 6.61 Å². The summed E-state index contributed by atoms with van der Waals surface area (Å²) >= 11 is 5.99. The number of benzene rings is 1. The summed E-state index contributed by atoms with van der Waals surface area (Å²) < 4.78 is 5.75. The van der Waals surface area contributed by atoms with Gasteiger partial charge >= 0.3 is 6.01 Å². The Bertz CT molecular complexity index is 659. The molecule has 0 saturated carbocycles. The van der Waals surface area contributed by atoms with Crippen LogP contribution in [0.3, 0.4) is 0 Å². The second-order valence-corrected chi connectivity index (χ2v) is 6.05. The van der Waals surface area contributed by atoms with Gasteiger partial charge in [-0.3, -0.25) is 0 Å². The number of rotatable bonds is 5. The van der Waals surface area contributed by atoms with Crippen LogP contribution in [0, 0.1) is 6.92 Å². The molecular weight excluding hydrogens is 312 g/mol. The number of aromatic nitrogens is 2. The maximum absolute atomic E-state index is 5.99. The van der Waals surface area contributed by atoms with E-state index in [9.17, 15) is 0 Å². The Hall–Kier alpha value is -1.85. The van der Waals surface area contributed by atoms with Gasteiger partial charge in [-0.15, -0.1) is 0 Å². The van der Waals surface area contributed by atoms with Crippen molar-refractivity contribution in [3.05, 3.63) is 46.6 Å². The number of nitrogens with one attached hydrogen (secondary N) is 1. The Morgan fingerprint density at radius 2 is 2.04 bits per heavy atom. The van der Waals surface area contributed by atoms with E-state index < -0.39 is 0 Å². The van der Waals surface area contributed by atoms with E-state index in [0.29, 0.717) is 12.6 Å². The molecule has 5 nitrogen and oxygen atoms in total. The highest BCUT2D eigenvalue weighted by Gasteiger charge is 2.14. The van der Waals surface area contributed by atoms with Crippen molar-refractivity contribution in [2.45, 2.75) is 13.3 Å². The van der Waals surface area contributed by atoms with Crippen LogP contribution >= 0.6 is 11.6 Å². The van der Waals surface area contributed by atoms with Gasteiger partial charge in [0.2, 0.25) is 0 Å². The Morgan fingerprint density at radius 1 is 1.22 bits per heavy atom. The number of piperazine rings is 1. The SMILES string of the molecule is Cc1cc(N2CCNCC2)nc(OCCc2cccc(Cl)c2)n1. The van der Waals surface area contributed by atoms with Gasteiger partial charge in [-0.1, -0.05) is 23.7 Å². The largest absolute Gasteiger partial charge is 0.463 e. The summed E-state index contributed by atoms with van der Waals surface area (Å²) in [5, 5.41) is 4.09. The predicted molar refractivity (Wildman–Crippen MR) is 92.5 cm³/mol. The fourth-order valence-electron chi connectivity index (χ4n) is 2.60. The second kappa shape index (κ2) is 7.62. The minimum absolute atomic E-state index is 0.445. The maximum Gasteiger partial charge on any atom is 0.318 e. The van der Waals surface area contributed by atoms with Gasteiger partial charge in [-0.2, -0.15) is 4.98 Å². The van der Waals surface area contributed by atoms with Gasteiger partial charge in [0.1, 0.15) is 5.82 Å². The summed E-state index contributed by atoms with van der Waals surface area (Å²) in [7, 11) is 0. The fourth-order valence-corrected chi connectivity index (χ4v) is 2.81. The van der Waals surface area contributed by atoms with Crippen LogP contribution in [0.15, 0.2) is 30.3 Å². The van der Waals surface area contributed by atoms with E-state index >= 15 is 0 Å². The first-order valence-corrected chi connectivity index (χ1v) is 8.27. The van der Waals surface area contributed by atoms with Crippen LogP contribution in [-0.4, -0.2) is 42.8 Å². The lowest BCUT2D eigenvalue weighted by molar-refractivity contribution is 0.295. The molecule has 1 aromatic carbocycles. The lowest BCUT2D eigenvalue weighted by Crippen LogP contribution is -2.44. The molecule has 0 amide bonds. The number of anilines is 1. The first kappa shape index (κ1) is 16.0. The number of aryl methyl sites for hydroxylation is 1. The highest BCUT2D eigenvalue weighted by molar-refractivity contribution is 6.30. The normalized spacial score (nSPS) is 14.8. The summed E-state index contributed by atoms with van der Waals surface area (Å²) in [6.45, 7) is 6.38. The van der Waals surface area contributed by atoms with E-state index in [2.05, 4.69) is 20.2 Å². The van der Waals surface area contributed by atoms with E-state index in [4.69, 9.17) is 16.3 Å². The maximum atomic E-state index is 5.99. The first-order valence-electron chi connectivity index (χ1n) is 7.89. The molecule has 2 heterocycles. The third-order valence-corrected chi connectivity index (χ3v) is 4.01. The van der Waals surface area contributed by atoms with Crippen molar-refractivity contribution in [2.24, 2.45) is 0 Å². The molecule has 3 rings (SSSR count). The van der Waals surface area contributed by atoms with Crippen LogP contribution in [0.4, 0.5) is 5.82 Å². The first-order chi connectivity index (χ1) is 11.2. The molecule has 0 radical (unpaired) electrons. The summed E-state index contributed by atoms with van der Waals surface area (Å²) in [5.74, 6) is 0.941. The zero-order chi connectivity index (χ0) is 16.1. The van der Waals surface area contributed by atoms with E-state index in [0.717, 1.165) is 54.7 Å². The van der Waals surface area contributed by atoms with Crippen LogP contribution in [0.25, 0.3) is 0 Å². The van der Waals surface area contributed by atoms with Crippen LogP contribution in [0.5, 0.6) is 6.01 Å². The average Bonchev–Trinajstić information content (AvgIpc) is 2.55. The Morgan fingerprint density at radius 3 is 2.83 bits per heavy atom. The molecule has 0 unspecified atom stereocenters. The van der Waals surface area contributed by atoms with Crippen molar-refractivity contribution in [3.63, 3.8) is 0 Å². The summed E-state index contributed by atoms with van der Waals surface area (Å²) in [6.07, 6.45) is 0.779. The quantitative estimate of drug-likeness (QED) is 0.911. The molecule has 0 spiro atoms. The van der Waals surface area contributed by atoms with Crippen molar-refractivity contribution in [3.8, 4) is 6.01 Å². The Balaban J connectivity index is 1.62. The second-order valence-electron chi connectivity index (χ2n) is 5.62. The predicted octanol–water partition coefficient (Wildman–Crippen LogP) is 2.47. The summed E-state index contributed by atoms with van der Waals surface area (Å²) in [6, 6.07) is 10.3. The highest BCUT2D eigenvalue weighted by Crippen LogP contribution is 2.17. The zero-order valence-corrected chi connectivity index (χ0v) is 14.0. The summed E-state index contributed by atoms with van der Waals surface area (Å²) in [5.41, 5.74) is 2.07. The number of hydrogen-bond acceptors (Lipinski definition) is 5. The summed E-state index contributed by atoms with van der Waals surface area (Å²) in [4.78, 5) is 11.2. The molecular formula is C17H21ClN4O. The van der Waals surface area contributed by atoms with Crippen molar-refractivity contribution in [1.29, 1.82) is 0 Å². The number of halogens is 1. The number of hydrogen-bond donors (Lipinski definition) is 1. The van der Waals surface area contributed by atoms with Gasteiger partial charge in [0.25, 0.3) is 0 Å². The minimum Gasteiger partial charge on any atom is -0.463 e. The monoisotopic (exact) mass is 332 g/mol. The van der Waals surface area contributed by atoms with Gasteiger partial charge in [0.15, 0.2) is 0 Å². The standard InChI is InChI=1S/C17H21ClN4O/c1-13-11-16(22-8-6-19-7-9-22)21-17(20-13)23-10-5-14-3-2-4-15(18)12-14/h2-4,11-12,19H,5-10H2,1H3. The van der Waals surface area contributed by atoms with E-state index in [-0.39, 0.29) is 0 Å². The van der Waals surface area contributed by atoms with E-state index in [1.165, 1.54) is 0 Å². The molecule has 1 aliphatic rings. The number of nitrogens with zero attached hydrogens (tertiary/aromatic N) is 3. The molecule has 2 aromatic rings. The molecule has 23 heavy (non-hydrogen) atoms. The molecule has 0 atom stereocenters. The van der Waals surface area contributed by atoms with Gasteiger partial charge in [0, 0.05) is 49.4 Å². The minimum atomic E-state index is 0.445. The third kappa shape index (κ3) is 4.56. The van der Waals surface area contributed by atoms with Crippen molar-refractivity contribution in [1.82, 2.24) is 15.3 Å². The third-order valence-electron chi connectivity index (χ3n) is 3.77. The van der Waals surface area contributed by atoms with Crippen LogP contribution < -0.4 is 15.0 Å². The van der Waals surface area contributed by atoms with Gasteiger partial charge in [-0.05, 0) is 24.6 Å². The van der Waals surface area contributed by atoms with Crippen LogP contribution in [-0.2, 0) is 6.42 Å². The Labute approximate surface area is 141 Å². The molecule has 1 aromatic heterocycles. The Kier molecular flexibility index (Phi) is 5.31. The van der Waals surface area contributed by atoms with Gasteiger partial charge in [-0.25, -0.2) is 4.98 Å². The highest BCUT2D eigenvalue weighted by atomic mass is 35.5.